The van der Waals surface area contributed by atoms with Crippen molar-refractivity contribution in [3.63, 3.8) is 0 Å². The molecule has 1 aliphatic rings. The SMILES string of the molecule is CNS(=O)(=O)c1cc(NC(=O)N2CCCC2c2cccc(F)c2)ccc1C. The summed E-state index contributed by atoms with van der Waals surface area (Å²) in [6.45, 7) is 2.25. The summed E-state index contributed by atoms with van der Waals surface area (Å²) >= 11 is 0. The van der Waals surface area contributed by atoms with Gasteiger partial charge >= 0.3 is 6.03 Å². The highest BCUT2D eigenvalue weighted by Gasteiger charge is 2.30. The van der Waals surface area contributed by atoms with E-state index in [1.807, 2.05) is 6.07 Å². The Kier molecular flexibility index (Phi) is 5.48. The smallest absolute Gasteiger partial charge is 0.317 e. The van der Waals surface area contributed by atoms with Gasteiger partial charge in [0, 0.05) is 12.2 Å². The summed E-state index contributed by atoms with van der Waals surface area (Å²) < 4.78 is 40.1. The molecule has 144 valence electrons. The largest absolute Gasteiger partial charge is 0.322 e. The molecule has 2 aromatic carbocycles. The Balaban J connectivity index is 1.82. The van der Waals surface area contributed by atoms with Gasteiger partial charge in [0.15, 0.2) is 0 Å². The predicted molar refractivity (Wildman–Crippen MR) is 102 cm³/mol. The first kappa shape index (κ1) is 19.3. The topological polar surface area (TPSA) is 78.5 Å². The van der Waals surface area contributed by atoms with Gasteiger partial charge < -0.3 is 10.2 Å². The van der Waals surface area contributed by atoms with Gasteiger partial charge in [0.1, 0.15) is 5.82 Å². The van der Waals surface area contributed by atoms with Crippen LogP contribution in [0, 0.1) is 12.7 Å². The molecule has 1 atom stereocenters. The van der Waals surface area contributed by atoms with Crippen molar-refractivity contribution in [3.05, 3.63) is 59.4 Å². The van der Waals surface area contributed by atoms with E-state index in [1.165, 1.54) is 25.2 Å². The molecular formula is C19H22FN3O3S. The van der Waals surface area contributed by atoms with Crippen LogP contribution in [-0.2, 0) is 10.0 Å². The van der Waals surface area contributed by atoms with Crippen LogP contribution in [0.3, 0.4) is 0 Å². The molecule has 6 nitrogen and oxygen atoms in total. The Morgan fingerprint density at radius 1 is 1.22 bits per heavy atom. The monoisotopic (exact) mass is 391 g/mol. The first-order chi connectivity index (χ1) is 12.8. The van der Waals surface area contributed by atoms with Crippen LogP contribution in [0.2, 0.25) is 0 Å². The maximum Gasteiger partial charge on any atom is 0.322 e. The van der Waals surface area contributed by atoms with Crippen molar-refractivity contribution in [2.24, 2.45) is 0 Å². The fourth-order valence-corrected chi connectivity index (χ4v) is 4.34. The summed E-state index contributed by atoms with van der Waals surface area (Å²) in [5.74, 6) is -0.333. The minimum atomic E-state index is -3.62. The number of benzene rings is 2. The number of urea groups is 1. The van der Waals surface area contributed by atoms with Crippen LogP contribution in [0.4, 0.5) is 14.9 Å². The van der Waals surface area contributed by atoms with Gasteiger partial charge in [0.25, 0.3) is 0 Å². The second-order valence-electron chi connectivity index (χ2n) is 6.52. The number of aryl methyl sites for hydroxylation is 1. The predicted octanol–water partition coefficient (Wildman–Crippen LogP) is 3.41. The zero-order valence-electron chi connectivity index (χ0n) is 15.2. The van der Waals surface area contributed by atoms with Crippen molar-refractivity contribution in [1.82, 2.24) is 9.62 Å². The number of halogens is 1. The van der Waals surface area contributed by atoms with Gasteiger partial charge in [-0.3, -0.25) is 0 Å². The molecule has 1 aliphatic heterocycles. The number of nitrogens with one attached hydrogen (secondary N) is 2. The molecule has 2 N–H and O–H groups in total. The Morgan fingerprint density at radius 3 is 2.70 bits per heavy atom. The van der Waals surface area contributed by atoms with Crippen LogP contribution in [0.1, 0.15) is 30.0 Å². The third kappa shape index (κ3) is 4.12. The number of carbonyl (C=O) groups excluding carboxylic acids is 1. The van der Waals surface area contributed by atoms with E-state index in [2.05, 4.69) is 10.0 Å². The van der Waals surface area contributed by atoms with E-state index in [4.69, 9.17) is 0 Å². The van der Waals surface area contributed by atoms with E-state index in [-0.39, 0.29) is 22.8 Å². The zero-order valence-corrected chi connectivity index (χ0v) is 16.0. The number of nitrogens with zero attached hydrogens (tertiary/aromatic N) is 1. The molecule has 1 unspecified atom stereocenters. The molecule has 0 aliphatic carbocycles. The number of hydrogen-bond donors (Lipinski definition) is 2. The minimum Gasteiger partial charge on any atom is -0.317 e. The molecule has 8 heteroatoms. The number of hydrogen-bond acceptors (Lipinski definition) is 3. The minimum absolute atomic E-state index is 0.117. The Hall–Kier alpha value is -2.45. The maximum atomic E-state index is 13.5. The highest BCUT2D eigenvalue weighted by Crippen LogP contribution is 2.33. The van der Waals surface area contributed by atoms with Gasteiger partial charge in [0.05, 0.1) is 10.9 Å². The lowest BCUT2D eigenvalue weighted by atomic mass is 10.0. The van der Waals surface area contributed by atoms with Gasteiger partial charge in [-0.2, -0.15) is 0 Å². The Bertz CT molecular complexity index is 962. The van der Waals surface area contributed by atoms with Gasteiger partial charge in [-0.1, -0.05) is 18.2 Å². The van der Waals surface area contributed by atoms with Crippen molar-refractivity contribution in [1.29, 1.82) is 0 Å². The zero-order chi connectivity index (χ0) is 19.6. The van der Waals surface area contributed by atoms with Crippen LogP contribution < -0.4 is 10.0 Å². The van der Waals surface area contributed by atoms with E-state index < -0.39 is 10.0 Å². The number of carbonyl (C=O) groups is 1. The van der Waals surface area contributed by atoms with Crippen molar-refractivity contribution in [2.45, 2.75) is 30.7 Å². The lowest BCUT2D eigenvalue weighted by Crippen LogP contribution is -2.34. The third-order valence-corrected chi connectivity index (χ3v) is 6.30. The highest BCUT2D eigenvalue weighted by molar-refractivity contribution is 7.89. The molecule has 2 amide bonds. The number of anilines is 1. The lowest BCUT2D eigenvalue weighted by Gasteiger charge is -2.25. The average molecular weight is 391 g/mol. The van der Waals surface area contributed by atoms with Crippen molar-refractivity contribution >= 4 is 21.7 Å². The molecule has 0 aromatic heterocycles. The second-order valence-corrected chi connectivity index (χ2v) is 8.38. The average Bonchev–Trinajstić information content (AvgIpc) is 3.13. The van der Waals surface area contributed by atoms with E-state index in [0.717, 1.165) is 18.4 Å². The molecule has 3 rings (SSSR count). The quantitative estimate of drug-likeness (QED) is 0.838. The highest BCUT2D eigenvalue weighted by atomic mass is 32.2. The number of likely N-dealkylation sites (tertiary alicyclic amines) is 1. The summed E-state index contributed by atoms with van der Waals surface area (Å²) in [7, 11) is -2.28. The van der Waals surface area contributed by atoms with Crippen molar-refractivity contribution in [2.75, 3.05) is 18.9 Å². The van der Waals surface area contributed by atoms with Crippen LogP contribution >= 0.6 is 0 Å². The molecule has 2 aromatic rings. The summed E-state index contributed by atoms with van der Waals surface area (Å²) in [5.41, 5.74) is 1.73. The van der Waals surface area contributed by atoms with Gasteiger partial charge in [-0.25, -0.2) is 22.3 Å². The molecule has 0 radical (unpaired) electrons. The molecule has 27 heavy (non-hydrogen) atoms. The number of rotatable bonds is 4. The van der Waals surface area contributed by atoms with Gasteiger partial charge in [0.2, 0.25) is 10.0 Å². The molecule has 0 spiro atoms. The van der Waals surface area contributed by atoms with Crippen molar-refractivity contribution in [3.8, 4) is 0 Å². The molecule has 1 saturated heterocycles. The fourth-order valence-electron chi connectivity index (χ4n) is 3.34. The van der Waals surface area contributed by atoms with E-state index in [0.29, 0.717) is 17.8 Å². The third-order valence-electron chi connectivity index (χ3n) is 4.74. The molecule has 1 fully saturated rings. The molecule has 0 bridgehead atoms. The van der Waals surface area contributed by atoms with Gasteiger partial charge in [-0.15, -0.1) is 0 Å². The Labute approximate surface area is 158 Å². The first-order valence-corrected chi connectivity index (χ1v) is 10.2. The normalized spacial score (nSPS) is 17.1. The number of amides is 2. The summed E-state index contributed by atoms with van der Waals surface area (Å²) in [4.78, 5) is 14.5. The summed E-state index contributed by atoms with van der Waals surface area (Å²) in [6.07, 6.45) is 1.58. The molecule has 0 saturated carbocycles. The van der Waals surface area contributed by atoms with E-state index in [1.54, 1.807) is 30.0 Å². The number of sulfonamides is 1. The molecular weight excluding hydrogens is 369 g/mol. The maximum absolute atomic E-state index is 13.5. The summed E-state index contributed by atoms with van der Waals surface area (Å²) in [5, 5.41) is 2.76. The first-order valence-electron chi connectivity index (χ1n) is 8.69. The van der Waals surface area contributed by atoms with E-state index >= 15 is 0 Å². The second kappa shape index (κ2) is 7.66. The lowest BCUT2D eigenvalue weighted by molar-refractivity contribution is 0.207. The van der Waals surface area contributed by atoms with Crippen LogP contribution in [-0.4, -0.2) is 32.9 Å². The fraction of sp³-hybridized carbons (Fsp3) is 0.316. The van der Waals surface area contributed by atoms with Crippen LogP contribution in [0.25, 0.3) is 0 Å². The van der Waals surface area contributed by atoms with Crippen LogP contribution in [0.15, 0.2) is 47.4 Å². The Morgan fingerprint density at radius 2 is 2.00 bits per heavy atom. The van der Waals surface area contributed by atoms with Crippen LogP contribution in [0.5, 0.6) is 0 Å². The molecule has 1 heterocycles. The summed E-state index contributed by atoms with van der Waals surface area (Å²) in [6, 6.07) is 10.5. The van der Waals surface area contributed by atoms with E-state index in [9.17, 15) is 17.6 Å². The standard InChI is InChI=1S/C19H22FN3O3S/c1-13-8-9-16(12-18(13)27(25,26)21-2)22-19(24)23-10-4-7-17(23)14-5-3-6-15(20)11-14/h3,5-6,8-9,11-12,17,21H,4,7,10H2,1-2H3,(H,22,24). The van der Waals surface area contributed by atoms with Gasteiger partial charge in [-0.05, 0) is 62.2 Å². The van der Waals surface area contributed by atoms with Crippen molar-refractivity contribution < 1.29 is 17.6 Å².